The van der Waals surface area contributed by atoms with E-state index in [4.69, 9.17) is 10.2 Å². The number of carbonyl (C=O) groups is 3. The fraction of sp³-hybridized carbons (Fsp3) is 0.167. The Morgan fingerprint density at radius 3 is 2.70 bits per heavy atom. The Morgan fingerprint density at radius 2 is 2.05 bits per heavy atom. The lowest BCUT2D eigenvalue weighted by atomic mass is 10.1. The van der Waals surface area contributed by atoms with Crippen LogP contribution >= 0.6 is 0 Å². The largest absolute Gasteiger partial charge is 0.481 e. The highest BCUT2D eigenvalue weighted by atomic mass is 16.4. The van der Waals surface area contributed by atoms with E-state index in [1.54, 1.807) is 12.3 Å². The highest BCUT2D eigenvalue weighted by Gasteiger charge is 2.23. The van der Waals surface area contributed by atoms with Gasteiger partial charge in [-0.15, -0.1) is 0 Å². The Morgan fingerprint density at radius 1 is 1.30 bits per heavy atom. The molecule has 8 nitrogen and oxygen atoms in total. The van der Waals surface area contributed by atoms with E-state index in [9.17, 15) is 14.4 Å². The van der Waals surface area contributed by atoms with Crippen LogP contribution in [0.4, 0.5) is 0 Å². The minimum Gasteiger partial charge on any atom is -0.481 e. The van der Waals surface area contributed by atoms with Gasteiger partial charge in [0.1, 0.15) is 6.04 Å². The Hall–Kier alpha value is -2.90. The molecule has 0 aliphatic heterocycles. The first-order chi connectivity index (χ1) is 9.47. The van der Waals surface area contributed by atoms with Crippen LogP contribution in [-0.2, 0) is 9.59 Å². The van der Waals surface area contributed by atoms with Crippen molar-refractivity contribution in [2.75, 3.05) is 0 Å². The molecular formula is C12H11N3O5. The number of carbonyl (C=O) groups excluding carboxylic acids is 1. The molecule has 8 heteroatoms. The van der Waals surface area contributed by atoms with E-state index >= 15 is 0 Å². The SMILES string of the molecule is O=C(O)CC(NC(=O)c1ccc2cn[nH]c2c1)C(=O)O. The number of nitrogens with one attached hydrogen (secondary N) is 2. The van der Waals surface area contributed by atoms with E-state index in [0.717, 1.165) is 5.39 Å². The van der Waals surface area contributed by atoms with Gasteiger partial charge in [-0.3, -0.25) is 14.7 Å². The summed E-state index contributed by atoms with van der Waals surface area (Å²) in [4.78, 5) is 33.3. The lowest BCUT2D eigenvalue weighted by molar-refractivity contribution is -0.145. The molecule has 0 saturated carbocycles. The van der Waals surface area contributed by atoms with Gasteiger partial charge in [0, 0.05) is 10.9 Å². The number of aromatic amines is 1. The Balaban J connectivity index is 2.17. The van der Waals surface area contributed by atoms with E-state index < -0.39 is 30.3 Å². The summed E-state index contributed by atoms with van der Waals surface area (Å²) in [7, 11) is 0. The molecule has 0 radical (unpaired) electrons. The molecule has 2 aromatic rings. The number of hydrogen-bond donors (Lipinski definition) is 4. The van der Waals surface area contributed by atoms with Crippen molar-refractivity contribution < 1.29 is 24.6 Å². The maximum Gasteiger partial charge on any atom is 0.326 e. The highest BCUT2D eigenvalue weighted by molar-refractivity contribution is 5.99. The van der Waals surface area contributed by atoms with Crippen molar-refractivity contribution in [1.29, 1.82) is 0 Å². The van der Waals surface area contributed by atoms with E-state index in [0.29, 0.717) is 5.52 Å². The maximum absolute atomic E-state index is 11.9. The summed E-state index contributed by atoms with van der Waals surface area (Å²) in [6.07, 6.45) is 0.898. The molecule has 2 rings (SSSR count). The van der Waals surface area contributed by atoms with Crippen LogP contribution < -0.4 is 5.32 Å². The number of nitrogens with zero attached hydrogens (tertiary/aromatic N) is 1. The second-order valence-electron chi connectivity index (χ2n) is 4.13. The third-order valence-electron chi connectivity index (χ3n) is 2.69. The number of carboxylic acids is 2. The number of hydrogen-bond acceptors (Lipinski definition) is 4. The van der Waals surface area contributed by atoms with Crippen LogP contribution in [0.25, 0.3) is 10.9 Å². The molecule has 1 heterocycles. The quantitative estimate of drug-likeness (QED) is 0.618. The topological polar surface area (TPSA) is 132 Å². The van der Waals surface area contributed by atoms with Crippen molar-refractivity contribution in [2.45, 2.75) is 12.5 Å². The zero-order valence-corrected chi connectivity index (χ0v) is 10.2. The van der Waals surface area contributed by atoms with Crippen molar-refractivity contribution in [3.8, 4) is 0 Å². The molecule has 1 aromatic heterocycles. The Kier molecular flexibility index (Phi) is 3.65. The Labute approximate surface area is 112 Å². The molecule has 104 valence electrons. The summed E-state index contributed by atoms with van der Waals surface area (Å²) in [5.41, 5.74) is 0.848. The average Bonchev–Trinajstić information content (AvgIpc) is 2.84. The summed E-state index contributed by atoms with van der Waals surface area (Å²) in [6, 6.07) is 3.20. The van der Waals surface area contributed by atoms with Crippen molar-refractivity contribution >= 4 is 28.7 Å². The van der Waals surface area contributed by atoms with Gasteiger partial charge in [-0.1, -0.05) is 6.07 Å². The van der Waals surface area contributed by atoms with Gasteiger partial charge in [0.15, 0.2) is 0 Å². The van der Waals surface area contributed by atoms with Crippen molar-refractivity contribution in [3.63, 3.8) is 0 Å². The number of aliphatic carboxylic acids is 2. The van der Waals surface area contributed by atoms with Gasteiger partial charge in [0.2, 0.25) is 0 Å². The standard InChI is InChI=1S/C12H11N3O5/c16-10(17)4-9(12(19)20)14-11(18)6-1-2-7-5-13-15-8(7)3-6/h1-3,5,9H,4H2,(H,13,15)(H,14,18)(H,16,17)(H,19,20). The molecule has 1 atom stereocenters. The van der Waals surface area contributed by atoms with Crippen LogP contribution in [0.2, 0.25) is 0 Å². The number of benzene rings is 1. The van der Waals surface area contributed by atoms with E-state index in [1.165, 1.54) is 12.1 Å². The van der Waals surface area contributed by atoms with Gasteiger partial charge < -0.3 is 15.5 Å². The first kappa shape index (κ1) is 13.5. The predicted octanol–water partition coefficient (Wildman–Crippen LogP) is 0.221. The zero-order chi connectivity index (χ0) is 14.7. The first-order valence-corrected chi connectivity index (χ1v) is 5.66. The molecule has 1 unspecified atom stereocenters. The van der Waals surface area contributed by atoms with Gasteiger partial charge in [-0.2, -0.15) is 5.10 Å². The predicted molar refractivity (Wildman–Crippen MR) is 67.2 cm³/mol. The van der Waals surface area contributed by atoms with E-state index in [2.05, 4.69) is 15.5 Å². The van der Waals surface area contributed by atoms with Crippen molar-refractivity contribution in [3.05, 3.63) is 30.0 Å². The molecule has 1 aromatic carbocycles. The smallest absolute Gasteiger partial charge is 0.326 e. The molecule has 0 spiro atoms. The van der Waals surface area contributed by atoms with Crippen molar-refractivity contribution in [1.82, 2.24) is 15.5 Å². The minimum atomic E-state index is -1.47. The van der Waals surface area contributed by atoms with Gasteiger partial charge in [0.25, 0.3) is 5.91 Å². The maximum atomic E-state index is 11.9. The van der Waals surface area contributed by atoms with Gasteiger partial charge >= 0.3 is 11.9 Å². The lowest BCUT2D eigenvalue weighted by Crippen LogP contribution is -2.42. The van der Waals surface area contributed by atoms with Crippen LogP contribution in [0.1, 0.15) is 16.8 Å². The molecule has 0 saturated heterocycles. The number of carboxylic acid groups (broad SMARTS) is 2. The number of fused-ring (bicyclic) bond motifs is 1. The van der Waals surface area contributed by atoms with Gasteiger partial charge in [0.05, 0.1) is 18.1 Å². The molecule has 0 aliphatic rings. The van der Waals surface area contributed by atoms with E-state index in [1.807, 2.05) is 0 Å². The fourth-order valence-corrected chi connectivity index (χ4v) is 1.69. The summed E-state index contributed by atoms with van der Waals surface area (Å²) in [6.45, 7) is 0. The Bertz CT molecular complexity index is 679. The van der Waals surface area contributed by atoms with Crippen LogP contribution in [0.5, 0.6) is 0 Å². The van der Waals surface area contributed by atoms with E-state index in [-0.39, 0.29) is 5.56 Å². The van der Waals surface area contributed by atoms with Crippen LogP contribution in [0, 0.1) is 0 Å². The third kappa shape index (κ3) is 2.91. The number of H-pyrrole nitrogens is 1. The minimum absolute atomic E-state index is 0.221. The molecule has 20 heavy (non-hydrogen) atoms. The highest BCUT2D eigenvalue weighted by Crippen LogP contribution is 2.13. The normalized spacial score (nSPS) is 12.0. The third-order valence-corrected chi connectivity index (χ3v) is 2.69. The second kappa shape index (κ2) is 5.39. The molecule has 4 N–H and O–H groups in total. The number of rotatable bonds is 5. The molecule has 0 fully saturated rings. The molecular weight excluding hydrogens is 266 g/mol. The molecule has 0 aliphatic carbocycles. The monoisotopic (exact) mass is 277 g/mol. The number of aromatic nitrogens is 2. The summed E-state index contributed by atoms with van der Waals surface area (Å²) in [5, 5.41) is 26.9. The average molecular weight is 277 g/mol. The lowest BCUT2D eigenvalue weighted by Gasteiger charge is -2.12. The molecule has 1 amide bonds. The van der Waals surface area contributed by atoms with Gasteiger partial charge in [-0.25, -0.2) is 4.79 Å². The zero-order valence-electron chi connectivity index (χ0n) is 10.2. The number of amides is 1. The molecule has 0 bridgehead atoms. The fourth-order valence-electron chi connectivity index (χ4n) is 1.69. The van der Waals surface area contributed by atoms with Crippen molar-refractivity contribution in [2.24, 2.45) is 0 Å². The second-order valence-corrected chi connectivity index (χ2v) is 4.13. The van der Waals surface area contributed by atoms with Crippen LogP contribution in [0.3, 0.4) is 0 Å². The summed E-state index contributed by atoms with van der Waals surface area (Å²) >= 11 is 0. The van der Waals surface area contributed by atoms with Crippen LogP contribution in [-0.4, -0.2) is 44.3 Å². The summed E-state index contributed by atoms with van der Waals surface area (Å²) < 4.78 is 0. The van der Waals surface area contributed by atoms with Crippen LogP contribution in [0.15, 0.2) is 24.4 Å². The summed E-state index contributed by atoms with van der Waals surface area (Å²) in [5.74, 6) is -3.36. The van der Waals surface area contributed by atoms with Gasteiger partial charge in [-0.05, 0) is 12.1 Å². The first-order valence-electron chi connectivity index (χ1n) is 5.66.